The fraction of sp³-hybridized carbons (Fsp3) is 0.400. The van der Waals surface area contributed by atoms with E-state index in [1.54, 1.807) is 6.20 Å². The van der Waals surface area contributed by atoms with Gasteiger partial charge < -0.3 is 14.8 Å². The summed E-state index contributed by atoms with van der Waals surface area (Å²) in [6, 6.07) is 0. The Balaban J connectivity index is 2.38. The molecule has 0 radical (unpaired) electrons. The van der Waals surface area contributed by atoms with Crippen molar-refractivity contribution in [2.24, 2.45) is 0 Å². The van der Waals surface area contributed by atoms with Gasteiger partial charge in [-0.05, 0) is 6.92 Å². The van der Waals surface area contributed by atoms with Crippen molar-refractivity contribution < 1.29 is 5.11 Å². The summed E-state index contributed by atoms with van der Waals surface area (Å²) in [5.41, 5.74) is 0.833. The van der Waals surface area contributed by atoms with Crippen molar-refractivity contribution in [1.82, 2.24) is 14.4 Å². The third-order valence-corrected chi connectivity index (χ3v) is 2.97. The van der Waals surface area contributed by atoms with Crippen LogP contribution in [-0.4, -0.2) is 38.4 Å². The van der Waals surface area contributed by atoms with E-state index in [1.165, 1.54) is 11.8 Å². The van der Waals surface area contributed by atoms with E-state index in [0.717, 1.165) is 23.0 Å². The third kappa shape index (κ3) is 2.28. The largest absolute Gasteiger partial charge is 0.396 e. The molecule has 5 nitrogen and oxygen atoms in total. The molecule has 2 heterocycles. The van der Waals surface area contributed by atoms with Crippen molar-refractivity contribution >= 4 is 23.2 Å². The molecule has 0 unspecified atom stereocenters. The van der Waals surface area contributed by atoms with Crippen LogP contribution >= 0.6 is 11.8 Å². The zero-order valence-electron chi connectivity index (χ0n) is 9.05. The molecule has 0 saturated heterocycles. The second-order valence-electron chi connectivity index (χ2n) is 3.19. The highest BCUT2D eigenvalue weighted by Gasteiger charge is 2.07. The number of aliphatic hydroxyl groups is 1. The van der Waals surface area contributed by atoms with Gasteiger partial charge in [0.1, 0.15) is 10.8 Å². The molecular formula is C10H14N4OS. The SMILES string of the molecule is CCNc1cn2ccnc2c(SCCO)n1. The van der Waals surface area contributed by atoms with E-state index in [2.05, 4.69) is 15.3 Å². The Morgan fingerprint density at radius 2 is 2.44 bits per heavy atom. The van der Waals surface area contributed by atoms with Gasteiger partial charge in [-0.2, -0.15) is 0 Å². The minimum absolute atomic E-state index is 0.144. The summed E-state index contributed by atoms with van der Waals surface area (Å²) in [7, 11) is 0. The van der Waals surface area contributed by atoms with Gasteiger partial charge in [0.25, 0.3) is 0 Å². The van der Waals surface area contributed by atoms with Gasteiger partial charge in [0.2, 0.25) is 0 Å². The standard InChI is InChI=1S/C10H14N4OS/c1-2-11-8-7-14-4-3-12-9(14)10(13-8)16-6-5-15/h3-4,7,11,15H,2,5-6H2,1H3. The molecule has 0 aromatic carbocycles. The monoisotopic (exact) mass is 238 g/mol. The highest BCUT2D eigenvalue weighted by Crippen LogP contribution is 2.22. The molecule has 16 heavy (non-hydrogen) atoms. The number of nitrogens with one attached hydrogen (secondary N) is 1. The predicted molar refractivity (Wildman–Crippen MR) is 65.0 cm³/mol. The first-order valence-electron chi connectivity index (χ1n) is 5.16. The first-order valence-corrected chi connectivity index (χ1v) is 6.15. The average molecular weight is 238 g/mol. The van der Waals surface area contributed by atoms with Crippen LogP contribution in [-0.2, 0) is 0 Å². The van der Waals surface area contributed by atoms with Crippen LogP contribution in [0.3, 0.4) is 0 Å². The van der Waals surface area contributed by atoms with E-state index in [0.29, 0.717) is 5.75 Å². The van der Waals surface area contributed by atoms with Crippen molar-refractivity contribution in [2.45, 2.75) is 11.9 Å². The summed E-state index contributed by atoms with van der Waals surface area (Å²) < 4.78 is 1.94. The minimum Gasteiger partial charge on any atom is -0.396 e. The molecule has 0 aliphatic carbocycles. The lowest BCUT2D eigenvalue weighted by atomic mass is 10.6. The summed E-state index contributed by atoms with van der Waals surface area (Å²) in [6.07, 6.45) is 5.55. The van der Waals surface area contributed by atoms with Crippen molar-refractivity contribution in [3.63, 3.8) is 0 Å². The highest BCUT2D eigenvalue weighted by molar-refractivity contribution is 7.99. The molecule has 2 rings (SSSR count). The van der Waals surface area contributed by atoms with E-state index >= 15 is 0 Å². The Morgan fingerprint density at radius 3 is 3.19 bits per heavy atom. The third-order valence-electron chi connectivity index (χ3n) is 2.03. The van der Waals surface area contributed by atoms with Gasteiger partial charge in [-0.3, -0.25) is 0 Å². The van der Waals surface area contributed by atoms with Crippen LogP contribution in [0.5, 0.6) is 0 Å². The maximum absolute atomic E-state index is 8.83. The Bertz CT molecular complexity index is 471. The predicted octanol–water partition coefficient (Wildman–Crippen LogP) is 1.25. The van der Waals surface area contributed by atoms with Crippen LogP contribution in [0, 0.1) is 0 Å². The zero-order chi connectivity index (χ0) is 11.4. The normalized spacial score (nSPS) is 10.9. The Morgan fingerprint density at radius 1 is 1.56 bits per heavy atom. The number of hydrogen-bond acceptors (Lipinski definition) is 5. The lowest BCUT2D eigenvalue weighted by molar-refractivity contribution is 0.322. The summed E-state index contributed by atoms with van der Waals surface area (Å²) >= 11 is 1.51. The molecule has 0 saturated carbocycles. The number of thioether (sulfide) groups is 1. The Kier molecular flexibility index (Phi) is 3.63. The summed E-state index contributed by atoms with van der Waals surface area (Å²) in [4.78, 5) is 8.70. The molecule has 0 spiro atoms. The van der Waals surface area contributed by atoms with Gasteiger partial charge in [-0.25, -0.2) is 9.97 Å². The van der Waals surface area contributed by atoms with Gasteiger partial charge >= 0.3 is 0 Å². The number of aromatic nitrogens is 3. The number of anilines is 1. The van der Waals surface area contributed by atoms with Gasteiger partial charge in [-0.15, -0.1) is 11.8 Å². The van der Waals surface area contributed by atoms with Crippen LogP contribution in [0.2, 0.25) is 0 Å². The molecule has 2 aromatic heterocycles. The number of rotatable bonds is 5. The highest BCUT2D eigenvalue weighted by atomic mass is 32.2. The maximum atomic E-state index is 8.83. The smallest absolute Gasteiger partial charge is 0.169 e. The van der Waals surface area contributed by atoms with Gasteiger partial charge in [0.05, 0.1) is 12.8 Å². The zero-order valence-corrected chi connectivity index (χ0v) is 9.87. The minimum atomic E-state index is 0.144. The Hall–Kier alpha value is -1.27. The first kappa shape index (κ1) is 11.2. The molecular weight excluding hydrogens is 224 g/mol. The number of hydrogen-bond donors (Lipinski definition) is 2. The van der Waals surface area contributed by atoms with E-state index in [-0.39, 0.29) is 6.61 Å². The van der Waals surface area contributed by atoms with Crippen LogP contribution in [0.1, 0.15) is 6.92 Å². The summed E-state index contributed by atoms with van der Waals surface area (Å²) in [6.45, 7) is 3.00. The lowest BCUT2D eigenvalue weighted by Crippen LogP contribution is -2.03. The molecule has 0 atom stereocenters. The number of aliphatic hydroxyl groups excluding tert-OH is 1. The molecule has 0 aliphatic heterocycles. The van der Waals surface area contributed by atoms with Crippen LogP contribution in [0.25, 0.3) is 5.65 Å². The van der Waals surface area contributed by atoms with Crippen LogP contribution < -0.4 is 5.32 Å². The number of imidazole rings is 1. The number of nitrogens with zero attached hydrogens (tertiary/aromatic N) is 3. The second-order valence-corrected chi connectivity index (χ2v) is 4.28. The van der Waals surface area contributed by atoms with Crippen LogP contribution in [0.4, 0.5) is 5.82 Å². The fourth-order valence-electron chi connectivity index (χ4n) is 1.41. The van der Waals surface area contributed by atoms with Crippen molar-refractivity contribution in [3.05, 3.63) is 18.6 Å². The molecule has 0 fully saturated rings. The lowest BCUT2D eigenvalue weighted by Gasteiger charge is -2.07. The van der Waals surface area contributed by atoms with E-state index in [4.69, 9.17) is 5.11 Å². The molecule has 0 amide bonds. The molecule has 2 aromatic rings. The summed E-state index contributed by atoms with van der Waals surface area (Å²) in [5, 5.41) is 12.8. The molecule has 0 bridgehead atoms. The maximum Gasteiger partial charge on any atom is 0.169 e. The van der Waals surface area contributed by atoms with E-state index in [1.807, 2.05) is 23.7 Å². The van der Waals surface area contributed by atoms with Crippen molar-refractivity contribution in [2.75, 3.05) is 24.2 Å². The van der Waals surface area contributed by atoms with E-state index < -0.39 is 0 Å². The molecule has 6 heteroatoms. The van der Waals surface area contributed by atoms with Crippen molar-refractivity contribution in [3.8, 4) is 0 Å². The first-order chi connectivity index (χ1) is 7.85. The average Bonchev–Trinajstić information content (AvgIpc) is 2.74. The number of fused-ring (bicyclic) bond motifs is 1. The Labute approximate surface area is 97.9 Å². The van der Waals surface area contributed by atoms with Crippen LogP contribution in [0.15, 0.2) is 23.6 Å². The van der Waals surface area contributed by atoms with Gasteiger partial charge in [0, 0.05) is 24.7 Å². The molecule has 2 N–H and O–H groups in total. The topological polar surface area (TPSA) is 62.5 Å². The van der Waals surface area contributed by atoms with E-state index in [9.17, 15) is 0 Å². The summed E-state index contributed by atoms with van der Waals surface area (Å²) in [5.74, 6) is 1.46. The molecule has 0 aliphatic rings. The molecule has 86 valence electrons. The van der Waals surface area contributed by atoms with Gasteiger partial charge in [-0.1, -0.05) is 0 Å². The quantitative estimate of drug-likeness (QED) is 0.767. The second kappa shape index (κ2) is 5.18. The van der Waals surface area contributed by atoms with Crippen molar-refractivity contribution in [1.29, 1.82) is 0 Å². The fourth-order valence-corrected chi connectivity index (χ4v) is 2.14. The van der Waals surface area contributed by atoms with Gasteiger partial charge in [0.15, 0.2) is 5.65 Å².